The number of hydrogen-bond acceptors (Lipinski definition) is 5. The molecule has 0 amide bonds. The van der Waals surface area contributed by atoms with Crippen molar-refractivity contribution in [3.63, 3.8) is 0 Å². The third-order valence-electron chi connectivity index (χ3n) is 12.0. The number of esters is 1. The maximum Gasteiger partial charge on any atom is 0.338 e. The second-order valence-electron chi connectivity index (χ2n) is 16.1. The zero-order valence-electron chi connectivity index (χ0n) is 34.6. The number of hydrogen-bond donors (Lipinski definition) is 1. The molecule has 0 spiro atoms. The molecule has 8 aromatic rings. The van der Waals surface area contributed by atoms with Crippen LogP contribution in [0.2, 0.25) is 0 Å². The average Bonchev–Trinajstić information content (AvgIpc) is 4.24. The Balaban J connectivity index is 0.000000156. The highest BCUT2D eigenvalue weighted by Crippen LogP contribution is 2.42. The van der Waals surface area contributed by atoms with E-state index >= 15 is 0 Å². The van der Waals surface area contributed by atoms with E-state index in [2.05, 4.69) is 100 Å². The van der Waals surface area contributed by atoms with Crippen molar-refractivity contribution in [2.24, 2.45) is 0 Å². The normalized spacial score (nSPS) is 13.4. The van der Waals surface area contributed by atoms with Gasteiger partial charge in [0.05, 0.1) is 43.5 Å². The van der Waals surface area contributed by atoms with Crippen LogP contribution in [0.15, 0.2) is 146 Å². The van der Waals surface area contributed by atoms with Gasteiger partial charge in [-0.2, -0.15) is 0 Å². The van der Waals surface area contributed by atoms with Crippen LogP contribution in [0, 0.1) is 0 Å². The van der Waals surface area contributed by atoms with Gasteiger partial charge in [0, 0.05) is 34.5 Å². The molecule has 0 unspecified atom stereocenters. The van der Waals surface area contributed by atoms with Gasteiger partial charge in [-0.05, 0) is 181 Å². The van der Waals surface area contributed by atoms with Crippen molar-refractivity contribution in [2.75, 3.05) is 21.3 Å². The molecule has 2 aliphatic carbocycles. The molecule has 2 fully saturated rings. The van der Waals surface area contributed by atoms with Crippen molar-refractivity contribution in [3.8, 4) is 22.9 Å². The zero-order chi connectivity index (χ0) is 42.0. The van der Waals surface area contributed by atoms with E-state index < -0.39 is 5.97 Å². The molecule has 0 aliphatic heterocycles. The molecule has 10 rings (SSSR count). The van der Waals surface area contributed by atoms with Gasteiger partial charge in [-0.25, -0.2) is 9.59 Å². The molecular weight excluding hydrogens is 761 g/mol. The van der Waals surface area contributed by atoms with Gasteiger partial charge in [-0.15, -0.1) is 0 Å². The third-order valence-corrected chi connectivity index (χ3v) is 12.0. The first-order valence-corrected chi connectivity index (χ1v) is 20.8. The molecule has 2 heterocycles. The van der Waals surface area contributed by atoms with Crippen LogP contribution in [-0.2, 0) is 17.6 Å². The first-order chi connectivity index (χ1) is 29.8. The number of nitrogens with zero attached hydrogens (tertiary/aromatic N) is 2. The van der Waals surface area contributed by atoms with Crippen molar-refractivity contribution in [2.45, 2.75) is 50.4 Å². The predicted octanol–water partition coefficient (Wildman–Crippen LogP) is 11.7. The Hall–Kier alpha value is -7.06. The van der Waals surface area contributed by atoms with E-state index in [0.717, 1.165) is 61.5 Å². The lowest BCUT2D eigenvalue weighted by atomic mass is 9.96. The first-order valence-electron chi connectivity index (χ1n) is 20.8. The summed E-state index contributed by atoms with van der Waals surface area (Å²) in [4.78, 5) is 24.2. The Bertz CT molecular complexity index is 2880. The summed E-state index contributed by atoms with van der Waals surface area (Å²) in [5, 5.41) is 12.0. The second kappa shape index (κ2) is 16.9. The summed E-state index contributed by atoms with van der Waals surface area (Å²) in [6.07, 6.45) is 10.2. The number of benzene rings is 6. The molecule has 6 aromatic carbocycles. The minimum Gasteiger partial charge on any atom is -0.497 e. The SMILES string of the molecule is COC(=O)c1cc(C2CC2)ccc1Cc1ccc2c(ccn2-c2ccc(OC)cc2)c1.COc1ccc(-n2ccc3cc(Cc4ccc(C5CC5)cc4C(=O)O)ccc32)cc1. The number of carboxylic acid groups (broad SMARTS) is 1. The number of methoxy groups -OCH3 is 3. The molecule has 2 saturated carbocycles. The molecule has 0 saturated heterocycles. The van der Waals surface area contributed by atoms with Gasteiger partial charge in [0.25, 0.3) is 0 Å². The van der Waals surface area contributed by atoms with Crippen LogP contribution in [-0.4, -0.2) is 47.5 Å². The Labute approximate surface area is 355 Å². The summed E-state index contributed by atoms with van der Waals surface area (Å²) in [5.74, 6) is 1.72. The van der Waals surface area contributed by atoms with E-state index in [0.29, 0.717) is 35.8 Å². The molecule has 2 aliphatic rings. The van der Waals surface area contributed by atoms with E-state index in [1.54, 1.807) is 14.2 Å². The van der Waals surface area contributed by atoms with Crippen molar-refractivity contribution >= 4 is 33.7 Å². The first kappa shape index (κ1) is 39.4. The van der Waals surface area contributed by atoms with Gasteiger partial charge in [-0.3, -0.25) is 0 Å². The summed E-state index contributed by atoms with van der Waals surface area (Å²) >= 11 is 0. The van der Waals surface area contributed by atoms with Crippen LogP contribution in [0.1, 0.15) is 91.6 Å². The molecule has 0 bridgehead atoms. The lowest BCUT2D eigenvalue weighted by Crippen LogP contribution is -2.07. The Morgan fingerprint density at radius 2 is 0.984 bits per heavy atom. The van der Waals surface area contributed by atoms with Gasteiger partial charge in [-0.1, -0.05) is 36.4 Å². The van der Waals surface area contributed by atoms with Gasteiger partial charge < -0.3 is 28.5 Å². The summed E-state index contributed by atoms with van der Waals surface area (Å²) < 4.78 is 19.9. The standard InChI is InChI=1S/C27H25NO3.C26H23NO3/c1-30-24-10-8-23(9-11-24)28-14-13-22-16-18(3-12-26(22)28)15-21-7-6-20(19-4-5-19)17-25(21)27(29)31-2;1-30-23-9-7-22(8-10-23)27-13-12-21-15-17(2-11-25(21)27)14-20-6-5-19(18-3-4-18)16-24(20)26(28)29/h3,6-14,16-17,19H,4-5,15H2,1-2H3;2,5-13,15-16,18H,3-4,14H2,1H3,(H,28,29). The third kappa shape index (κ3) is 8.53. The number of rotatable bonds is 12. The van der Waals surface area contributed by atoms with Gasteiger partial charge in [0.2, 0.25) is 0 Å². The largest absolute Gasteiger partial charge is 0.497 e. The number of ether oxygens (including phenoxy) is 3. The fraction of sp³-hybridized carbons (Fsp3) is 0.208. The lowest BCUT2D eigenvalue weighted by Gasteiger charge is -2.11. The maximum atomic E-state index is 12.4. The number of fused-ring (bicyclic) bond motifs is 2. The molecule has 1 N–H and O–H groups in total. The number of aromatic nitrogens is 2. The highest BCUT2D eigenvalue weighted by atomic mass is 16.5. The highest BCUT2D eigenvalue weighted by molar-refractivity contribution is 5.92. The number of carbonyl (C=O) groups excluding carboxylic acids is 1. The summed E-state index contributed by atoms with van der Waals surface area (Å²) in [6.45, 7) is 0. The lowest BCUT2D eigenvalue weighted by molar-refractivity contribution is 0.0598. The van der Waals surface area contributed by atoms with E-state index in [4.69, 9.17) is 14.2 Å². The van der Waals surface area contributed by atoms with Crippen molar-refractivity contribution < 1.29 is 28.9 Å². The monoisotopic (exact) mass is 808 g/mol. The van der Waals surface area contributed by atoms with E-state index in [9.17, 15) is 14.7 Å². The van der Waals surface area contributed by atoms with Crippen LogP contribution in [0.25, 0.3) is 33.2 Å². The summed E-state index contributed by atoms with van der Waals surface area (Å²) in [6, 6.07) is 45.3. The quantitative estimate of drug-likeness (QED) is 0.124. The summed E-state index contributed by atoms with van der Waals surface area (Å²) in [5.41, 5.74) is 12.1. The molecule has 306 valence electrons. The Morgan fingerprint density at radius 1 is 0.541 bits per heavy atom. The van der Waals surface area contributed by atoms with E-state index in [1.165, 1.54) is 49.3 Å². The highest BCUT2D eigenvalue weighted by Gasteiger charge is 2.26. The van der Waals surface area contributed by atoms with E-state index in [1.807, 2.05) is 54.6 Å². The molecular formula is C53H48N2O6. The summed E-state index contributed by atoms with van der Waals surface area (Å²) in [7, 11) is 4.79. The number of carboxylic acids is 1. The van der Waals surface area contributed by atoms with Crippen LogP contribution in [0.4, 0.5) is 0 Å². The average molecular weight is 809 g/mol. The minimum absolute atomic E-state index is 0.260. The molecule has 0 radical (unpaired) electrons. The van der Waals surface area contributed by atoms with Crippen LogP contribution in [0.3, 0.4) is 0 Å². The van der Waals surface area contributed by atoms with Crippen molar-refractivity contribution in [3.05, 3.63) is 190 Å². The van der Waals surface area contributed by atoms with Gasteiger partial charge in [0.1, 0.15) is 11.5 Å². The fourth-order valence-corrected chi connectivity index (χ4v) is 8.32. The van der Waals surface area contributed by atoms with Crippen LogP contribution >= 0.6 is 0 Å². The van der Waals surface area contributed by atoms with Crippen molar-refractivity contribution in [1.82, 2.24) is 9.13 Å². The maximum absolute atomic E-state index is 12.4. The molecule has 61 heavy (non-hydrogen) atoms. The molecule has 2 aromatic heterocycles. The van der Waals surface area contributed by atoms with Crippen LogP contribution < -0.4 is 9.47 Å². The number of aromatic carboxylic acids is 1. The zero-order valence-corrected chi connectivity index (χ0v) is 34.6. The minimum atomic E-state index is -0.848. The smallest absolute Gasteiger partial charge is 0.338 e. The molecule has 8 nitrogen and oxygen atoms in total. The van der Waals surface area contributed by atoms with Crippen molar-refractivity contribution in [1.29, 1.82) is 0 Å². The molecule has 8 heteroatoms. The van der Waals surface area contributed by atoms with Gasteiger partial charge >= 0.3 is 11.9 Å². The fourth-order valence-electron chi connectivity index (χ4n) is 8.32. The molecule has 0 atom stereocenters. The Morgan fingerprint density at radius 3 is 1.39 bits per heavy atom. The van der Waals surface area contributed by atoms with Crippen LogP contribution in [0.5, 0.6) is 11.5 Å². The Kier molecular flexibility index (Phi) is 10.9. The topological polar surface area (TPSA) is 91.9 Å². The second-order valence-corrected chi connectivity index (χ2v) is 16.1. The predicted molar refractivity (Wildman–Crippen MR) is 240 cm³/mol. The van der Waals surface area contributed by atoms with Gasteiger partial charge in [0.15, 0.2) is 0 Å². The van der Waals surface area contributed by atoms with E-state index in [-0.39, 0.29) is 5.97 Å². The number of carbonyl (C=O) groups is 2.